The van der Waals surface area contributed by atoms with Gasteiger partial charge in [0.15, 0.2) is 5.76 Å². The maximum Gasteiger partial charge on any atom is 0.224 e. The van der Waals surface area contributed by atoms with Gasteiger partial charge in [-0.3, -0.25) is 4.79 Å². The number of carbonyl (C=O) groups is 1. The van der Waals surface area contributed by atoms with Crippen LogP contribution in [0.4, 0.5) is 5.69 Å². The number of carbonyl (C=O) groups excluding carboxylic acids is 1. The second kappa shape index (κ2) is 6.41. The van der Waals surface area contributed by atoms with E-state index in [-0.39, 0.29) is 5.91 Å². The number of imidazole rings is 1. The molecule has 0 saturated carbocycles. The number of pyridine rings is 1. The average molecular weight is 334 g/mol. The van der Waals surface area contributed by atoms with E-state index < -0.39 is 0 Å². The lowest BCUT2D eigenvalue weighted by Gasteiger charge is -2.04. The van der Waals surface area contributed by atoms with E-state index in [9.17, 15) is 4.79 Å². The number of para-hydroxylation sites is 1. The van der Waals surface area contributed by atoms with E-state index in [1.54, 1.807) is 0 Å². The molecule has 0 atom stereocenters. The maximum absolute atomic E-state index is 11.8. The lowest BCUT2D eigenvalue weighted by atomic mass is 10.2. The molecule has 0 radical (unpaired) electrons. The predicted molar refractivity (Wildman–Crippen MR) is 97.3 cm³/mol. The molecular weight excluding hydrogens is 316 g/mol. The van der Waals surface area contributed by atoms with Gasteiger partial charge in [-0.25, -0.2) is 4.98 Å². The van der Waals surface area contributed by atoms with Gasteiger partial charge in [-0.2, -0.15) is 0 Å². The number of hydrogen-bond donors (Lipinski definition) is 2. The summed E-state index contributed by atoms with van der Waals surface area (Å²) < 4.78 is 7.74. The minimum atomic E-state index is -0.0394. The topological polar surface area (TPSA) is 85.6 Å². The first-order valence-electron chi connectivity index (χ1n) is 8.20. The van der Waals surface area contributed by atoms with Gasteiger partial charge in [0.2, 0.25) is 5.91 Å². The molecule has 0 bridgehead atoms. The van der Waals surface area contributed by atoms with E-state index in [1.807, 2.05) is 59.3 Å². The summed E-state index contributed by atoms with van der Waals surface area (Å²) in [5.41, 5.74) is 8.53. The lowest BCUT2D eigenvalue weighted by Crippen LogP contribution is -2.13. The second-order valence-electron chi connectivity index (χ2n) is 5.90. The minimum Gasteiger partial charge on any atom is -0.454 e. The van der Waals surface area contributed by atoms with E-state index >= 15 is 0 Å². The molecule has 6 heteroatoms. The van der Waals surface area contributed by atoms with Crippen LogP contribution in [0.5, 0.6) is 0 Å². The third-order valence-electron chi connectivity index (χ3n) is 4.02. The van der Waals surface area contributed by atoms with Crippen molar-refractivity contribution in [1.29, 1.82) is 0 Å². The number of furan rings is 1. The Labute approximate surface area is 144 Å². The van der Waals surface area contributed by atoms with Gasteiger partial charge in [-0.1, -0.05) is 18.2 Å². The van der Waals surface area contributed by atoms with Crippen LogP contribution >= 0.6 is 0 Å². The average Bonchev–Trinajstić information content (AvgIpc) is 3.23. The standard InChI is InChI=1S/C19H18N4O2/c20-9-3-6-19(24)21-14-7-8-18-22-15(12-23(18)11-14)17-10-13-4-1-2-5-16(13)25-17/h1-2,4-5,7-8,10-12H,3,6,9,20H2,(H,21,24). The fraction of sp³-hybridized carbons (Fsp3) is 0.158. The van der Waals surface area contributed by atoms with Crippen LogP contribution in [0.25, 0.3) is 28.1 Å². The Morgan fingerprint density at radius 2 is 2.08 bits per heavy atom. The van der Waals surface area contributed by atoms with Gasteiger partial charge in [0.1, 0.15) is 16.9 Å². The van der Waals surface area contributed by atoms with Crippen LogP contribution in [-0.2, 0) is 4.79 Å². The first-order valence-corrected chi connectivity index (χ1v) is 8.20. The molecule has 4 aromatic rings. The summed E-state index contributed by atoms with van der Waals surface area (Å²) in [5.74, 6) is 0.681. The molecule has 4 rings (SSSR count). The van der Waals surface area contributed by atoms with E-state index in [0.29, 0.717) is 19.4 Å². The van der Waals surface area contributed by atoms with Crippen LogP contribution in [0.3, 0.4) is 0 Å². The number of rotatable bonds is 5. The summed E-state index contributed by atoms with van der Waals surface area (Å²) in [5, 5.41) is 3.92. The summed E-state index contributed by atoms with van der Waals surface area (Å²) in [6.45, 7) is 0.509. The van der Waals surface area contributed by atoms with Gasteiger partial charge >= 0.3 is 0 Å². The van der Waals surface area contributed by atoms with Crippen LogP contribution in [0.2, 0.25) is 0 Å². The van der Waals surface area contributed by atoms with Gasteiger partial charge < -0.3 is 19.9 Å². The number of benzene rings is 1. The molecule has 0 spiro atoms. The Kier molecular flexibility index (Phi) is 3.95. The van der Waals surface area contributed by atoms with Gasteiger partial charge in [-0.15, -0.1) is 0 Å². The van der Waals surface area contributed by atoms with Gasteiger partial charge in [0, 0.05) is 24.2 Å². The normalized spacial score (nSPS) is 11.2. The summed E-state index contributed by atoms with van der Waals surface area (Å²) in [6.07, 6.45) is 4.83. The predicted octanol–water partition coefficient (Wildman–Crippen LogP) is 3.42. The van der Waals surface area contributed by atoms with Crippen molar-refractivity contribution in [2.75, 3.05) is 11.9 Å². The van der Waals surface area contributed by atoms with E-state index in [1.165, 1.54) is 0 Å². The highest BCUT2D eigenvalue weighted by Gasteiger charge is 2.11. The molecule has 126 valence electrons. The van der Waals surface area contributed by atoms with Gasteiger partial charge in [-0.05, 0) is 37.2 Å². The van der Waals surface area contributed by atoms with Crippen molar-refractivity contribution in [2.45, 2.75) is 12.8 Å². The number of aromatic nitrogens is 2. The summed E-state index contributed by atoms with van der Waals surface area (Å²) in [6, 6.07) is 13.5. The maximum atomic E-state index is 11.8. The van der Waals surface area contributed by atoms with Crippen molar-refractivity contribution in [3.05, 3.63) is 54.9 Å². The SMILES string of the molecule is NCCCC(=O)Nc1ccc2nc(-c3cc4ccccc4o3)cn2c1. The number of nitrogens with one attached hydrogen (secondary N) is 1. The van der Waals surface area contributed by atoms with Crippen molar-refractivity contribution < 1.29 is 9.21 Å². The van der Waals surface area contributed by atoms with Crippen molar-refractivity contribution >= 4 is 28.2 Å². The monoisotopic (exact) mass is 334 g/mol. The highest BCUT2D eigenvalue weighted by atomic mass is 16.3. The first-order chi connectivity index (χ1) is 12.2. The number of anilines is 1. The summed E-state index contributed by atoms with van der Waals surface area (Å²) in [7, 11) is 0. The van der Waals surface area contributed by atoms with Gasteiger partial charge in [0.05, 0.1) is 5.69 Å². The van der Waals surface area contributed by atoms with Crippen molar-refractivity contribution in [1.82, 2.24) is 9.38 Å². The summed E-state index contributed by atoms with van der Waals surface area (Å²) in [4.78, 5) is 16.4. The fourth-order valence-electron chi connectivity index (χ4n) is 2.78. The molecule has 3 heterocycles. The molecule has 1 aromatic carbocycles. The first kappa shape index (κ1) is 15.4. The molecule has 0 fully saturated rings. The van der Waals surface area contributed by atoms with E-state index in [4.69, 9.17) is 10.2 Å². The van der Waals surface area contributed by atoms with Crippen LogP contribution in [0, 0.1) is 0 Å². The number of nitrogens with zero attached hydrogens (tertiary/aromatic N) is 2. The molecule has 0 aliphatic carbocycles. The van der Waals surface area contributed by atoms with Crippen molar-refractivity contribution in [3.63, 3.8) is 0 Å². The largest absolute Gasteiger partial charge is 0.454 e. The Balaban J connectivity index is 1.62. The second-order valence-corrected chi connectivity index (χ2v) is 5.90. The van der Waals surface area contributed by atoms with Crippen LogP contribution in [0.15, 0.2) is 59.3 Å². The van der Waals surface area contributed by atoms with Crippen LogP contribution in [-0.4, -0.2) is 21.8 Å². The zero-order chi connectivity index (χ0) is 17.2. The highest BCUT2D eigenvalue weighted by molar-refractivity contribution is 5.90. The Bertz CT molecular complexity index is 1010. The number of nitrogens with two attached hydrogens (primary N) is 1. The highest BCUT2D eigenvalue weighted by Crippen LogP contribution is 2.27. The molecule has 3 aromatic heterocycles. The molecule has 0 saturated heterocycles. The molecule has 1 amide bonds. The van der Waals surface area contributed by atoms with Crippen molar-refractivity contribution in [2.24, 2.45) is 5.73 Å². The fourth-order valence-corrected chi connectivity index (χ4v) is 2.78. The number of fused-ring (bicyclic) bond motifs is 2. The van der Waals surface area contributed by atoms with E-state index in [2.05, 4.69) is 10.3 Å². The third kappa shape index (κ3) is 3.12. The number of hydrogen-bond acceptors (Lipinski definition) is 4. The molecular formula is C19H18N4O2. The number of amides is 1. The third-order valence-corrected chi connectivity index (χ3v) is 4.02. The van der Waals surface area contributed by atoms with E-state index in [0.717, 1.165) is 33.8 Å². The Hall–Kier alpha value is -3.12. The molecule has 0 aliphatic rings. The minimum absolute atomic E-state index is 0.0394. The Morgan fingerprint density at radius 1 is 1.20 bits per heavy atom. The Morgan fingerprint density at radius 3 is 2.92 bits per heavy atom. The van der Waals surface area contributed by atoms with Gasteiger partial charge in [0.25, 0.3) is 0 Å². The lowest BCUT2D eigenvalue weighted by molar-refractivity contribution is -0.116. The molecule has 6 nitrogen and oxygen atoms in total. The smallest absolute Gasteiger partial charge is 0.224 e. The van der Waals surface area contributed by atoms with Crippen LogP contribution in [0.1, 0.15) is 12.8 Å². The van der Waals surface area contributed by atoms with Crippen LogP contribution < -0.4 is 11.1 Å². The molecule has 3 N–H and O–H groups in total. The van der Waals surface area contributed by atoms with Crippen molar-refractivity contribution in [3.8, 4) is 11.5 Å². The molecule has 25 heavy (non-hydrogen) atoms. The zero-order valence-corrected chi connectivity index (χ0v) is 13.6. The molecule has 0 unspecified atom stereocenters. The zero-order valence-electron chi connectivity index (χ0n) is 13.6. The quantitative estimate of drug-likeness (QED) is 0.585. The summed E-state index contributed by atoms with van der Waals surface area (Å²) >= 11 is 0. The molecule has 0 aliphatic heterocycles.